The molecular weight excluding hydrogens is 400 g/mol. The second kappa shape index (κ2) is 8.99. The van der Waals surface area contributed by atoms with Crippen LogP contribution in [0.3, 0.4) is 0 Å². The van der Waals surface area contributed by atoms with E-state index < -0.39 is 15.9 Å². The number of hydrogen-bond acceptors (Lipinski definition) is 5. The van der Waals surface area contributed by atoms with E-state index in [2.05, 4.69) is 20.9 Å². The molecule has 0 aliphatic carbocycles. The molecule has 0 spiro atoms. The molecule has 2 rings (SSSR count). The van der Waals surface area contributed by atoms with Crippen molar-refractivity contribution in [3.05, 3.63) is 52.9 Å². The Labute approximate surface area is 161 Å². The first-order chi connectivity index (χ1) is 12.3. The molecule has 0 atom stereocenters. The Hall–Kier alpha value is -2.14. The summed E-state index contributed by atoms with van der Waals surface area (Å²) in [5, 5.41) is 3.03. The highest BCUT2D eigenvalue weighted by atomic mass is 35.5. The molecule has 4 N–H and O–H groups in total. The van der Waals surface area contributed by atoms with Gasteiger partial charge in [0.15, 0.2) is 5.11 Å². The molecule has 0 fully saturated rings. The van der Waals surface area contributed by atoms with Gasteiger partial charge in [-0.1, -0.05) is 11.6 Å². The molecule has 0 saturated heterocycles. The van der Waals surface area contributed by atoms with Crippen molar-refractivity contribution in [2.75, 3.05) is 6.54 Å². The number of carbonyl (C=O) groups is 1. The largest absolute Gasteiger partial charge is 0.468 e. The fourth-order valence-corrected chi connectivity index (χ4v) is 3.61. The van der Waals surface area contributed by atoms with Gasteiger partial charge in [-0.05, 0) is 49.5 Å². The number of sulfonamides is 1. The zero-order chi connectivity index (χ0) is 19.2. The molecule has 0 aliphatic rings. The Morgan fingerprint density at radius 1 is 1.27 bits per heavy atom. The molecule has 26 heavy (non-hydrogen) atoms. The molecule has 140 valence electrons. The number of thiocarbonyl (C=S) groups is 1. The van der Waals surface area contributed by atoms with Gasteiger partial charge in [-0.25, -0.2) is 13.1 Å². The Bertz CT molecular complexity index is 885. The normalized spacial score (nSPS) is 11.0. The first kappa shape index (κ1) is 20.2. The quantitative estimate of drug-likeness (QED) is 0.417. The van der Waals surface area contributed by atoms with Crippen molar-refractivity contribution in [1.29, 1.82) is 0 Å². The Kier molecular flexibility index (Phi) is 6.98. The van der Waals surface area contributed by atoms with Crippen LogP contribution in [-0.2, 0) is 16.6 Å². The van der Waals surface area contributed by atoms with Crippen LogP contribution in [0.15, 0.2) is 45.9 Å². The summed E-state index contributed by atoms with van der Waals surface area (Å²) in [5.74, 6) is -0.121. The number of hydrazine groups is 1. The number of furan rings is 1. The highest BCUT2D eigenvalue weighted by molar-refractivity contribution is 7.89. The zero-order valence-corrected chi connectivity index (χ0v) is 16.1. The molecule has 1 amide bonds. The van der Waals surface area contributed by atoms with Gasteiger partial charge >= 0.3 is 0 Å². The minimum atomic E-state index is -3.94. The van der Waals surface area contributed by atoms with Crippen molar-refractivity contribution < 1.29 is 17.6 Å². The van der Waals surface area contributed by atoms with Crippen molar-refractivity contribution in [3.63, 3.8) is 0 Å². The number of rotatable bonds is 6. The highest BCUT2D eigenvalue weighted by Gasteiger charge is 2.20. The van der Waals surface area contributed by atoms with Gasteiger partial charge in [0.1, 0.15) is 10.7 Å². The SMILES string of the molecule is CCNC(=S)NNC(=O)c1ccc(Cl)c(S(=O)(=O)NCc2ccco2)c1. The smallest absolute Gasteiger partial charge is 0.269 e. The number of benzene rings is 1. The average Bonchev–Trinajstić information content (AvgIpc) is 3.12. The van der Waals surface area contributed by atoms with Crippen molar-refractivity contribution in [2.24, 2.45) is 0 Å². The standard InChI is InChI=1S/C15H17ClN4O4S2/c1-2-17-15(25)20-19-14(21)10-5-6-12(16)13(8-10)26(22,23)18-9-11-4-3-7-24-11/h3-8,18H,2,9H2,1H3,(H,19,21)(H2,17,20,25). The lowest BCUT2D eigenvalue weighted by Crippen LogP contribution is -2.46. The van der Waals surface area contributed by atoms with Crippen molar-refractivity contribution in [3.8, 4) is 0 Å². The van der Waals surface area contributed by atoms with E-state index in [1.807, 2.05) is 6.92 Å². The van der Waals surface area contributed by atoms with Gasteiger partial charge in [0, 0.05) is 12.1 Å². The van der Waals surface area contributed by atoms with Crippen molar-refractivity contribution >= 4 is 44.9 Å². The average molecular weight is 417 g/mol. The van der Waals surface area contributed by atoms with Crippen LogP contribution in [-0.4, -0.2) is 26.0 Å². The van der Waals surface area contributed by atoms with Gasteiger partial charge in [0.2, 0.25) is 10.0 Å². The molecule has 0 unspecified atom stereocenters. The van der Waals surface area contributed by atoms with Crippen molar-refractivity contribution in [1.82, 2.24) is 20.9 Å². The van der Waals surface area contributed by atoms with Crippen LogP contribution in [0.2, 0.25) is 5.02 Å². The third-order valence-electron chi connectivity index (χ3n) is 3.13. The fraction of sp³-hybridized carbons (Fsp3) is 0.200. The van der Waals surface area contributed by atoms with Crippen LogP contribution >= 0.6 is 23.8 Å². The number of amides is 1. The van der Waals surface area contributed by atoms with Crippen molar-refractivity contribution in [2.45, 2.75) is 18.4 Å². The van der Waals surface area contributed by atoms with Crippen LogP contribution in [0.25, 0.3) is 0 Å². The summed E-state index contributed by atoms with van der Waals surface area (Å²) in [4.78, 5) is 11.9. The maximum absolute atomic E-state index is 12.5. The third kappa shape index (κ3) is 5.43. The number of nitrogens with one attached hydrogen (secondary N) is 4. The van der Waals surface area contributed by atoms with Crippen LogP contribution in [0.5, 0.6) is 0 Å². The van der Waals surface area contributed by atoms with E-state index in [1.54, 1.807) is 12.1 Å². The molecule has 0 saturated carbocycles. The third-order valence-corrected chi connectivity index (χ3v) is 5.26. The predicted octanol–water partition coefficient (Wildman–Crippen LogP) is 1.54. The first-order valence-corrected chi connectivity index (χ1v) is 9.76. The minimum absolute atomic E-state index is 0.00961. The summed E-state index contributed by atoms with van der Waals surface area (Å²) >= 11 is 10.9. The summed E-state index contributed by atoms with van der Waals surface area (Å²) in [6, 6.07) is 7.20. The maximum Gasteiger partial charge on any atom is 0.269 e. The molecule has 8 nitrogen and oxygen atoms in total. The monoisotopic (exact) mass is 416 g/mol. The van der Waals surface area contributed by atoms with Gasteiger partial charge in [0.05, 0.1) is 17.8 Å². The Morgan fingerprint density at radius 3 is 2.69 bits per heavy atom. The maximum atomic E-state index is 12.5. The molecule has 0 aliphatic heterocycles. The van der Waals surface area contributed by atoms with E-state index in [-0.39, 0.29) is 27.1 Å². The summed E-state index contributed by atoms with van der Waals surface area (Å²) in [7, 11) is -3.94. The topological polar surface area (TPSA) is 112 Å². The summed E-state index contributed by atoms with van der Waals surface area (Å²) in [6.45, 7) is 2.40. The molecule has 2 aromatic rings. The van der Waals surface area contributed by atoms with E-state index >= 15 is 0 Å². The minimum Gasteiger partial charge on any atom is -0.468 e. The van der Waals surface area contributed by atoms with Crippen LogP contribution in [0.1, 0.15) is 23.0 Å². The second-order valence-electron chi connectivity index (χ2n) is 4.99. The van der Waals surface area contributed by atoms with Gasteiger partial charge < -0.3 is 9.73 Å². The van der Waals surface area contributed by atoms with Gasteiger partial charge in [0.25, 0.3) is 5.91 Å². The molecule has 0 bridgehead atoms. The lowest BCUT2D eigenvalue weighted by atomic mass is 10.2. The first-order valence-electron chi connectivity index (χ1n) is 7.49. The molecular formula is C15H17ClN4O4S2. The predicted molar refractivity (Wildman–Crippen MR) is 101 cm³/mol. The molecule has 1 aromatic carbocycles. The summed E-state index contributed by atoms with van der Waals surface area (Å²) in [5.41, 5.74) is 4.98. The Balaban J connectivity index is 2.12. The van der Waals surface area contributed by atoms with Crippen LogP contribution < -0.4 is 20.9 Å². The van der Waals surface area contributed by atoms with Crippen LogP contribution in [0, 0.1) is 0 Å². The van der Waals surface area contributed by atoms with Gasteiger partial charge in [-0.3, -0.25) is 15.6 Å². The molecule has 11 heteroatoms. The number of carbonyl (C=O) groups excluding carboxylic acids is 1. The summed E-state index contributed by atoms with van der Waals surface area (Å²) < 4.78 is 32.4. The van der Waals surface area contributed by atoms with E-state index in [0.29, 0.717) is 12.3 Å². The molecule has 1 aromatic heterocycles. The van der Waals surface area contributed by atoms with Gasteiger partial charge in [-0.15, -0.1) is 0 Å². The van der Waals surface area contributed by atoms with E-state index in [1.165, 1.54) is 24.5 Å². The number of hydrogen-bond donors (Lipinski definition) is 4. The van der Waals surface area contributed by atoms with Gasteiger partial charge in [-0.2, -0.15) is 0 Å². The zero-order valence-electron chi connectivity index (χ0n) is 13.7. The van der Waals surface area contributed by atoms with E-state index in [9.17, 15) is 13.2 Å². The molecule has 1 heterocycles. The summed E-state index contributed by atoms with van der Waals surface area (Å²) in [6.07, 6.45) is 1.44. The Morgan fingerprint density at radius 2 is 2.04 bits per heavy atom. The lowest BCUT2D eigenvalue weighted by molar-refractivity contribution is 0.0943. The fourth-order valence-electron chi connectivity index (χ4n) is 1.90. The van der Waals surface area contributed by atoms with E-state index in [0.717, 1.165) is 0 Å². The highest BCUT2D eigenvalue weighted by Crippen LogP contribution is 2.23. The lowest BCUT2D eigenvalue weighted by Gasteiger charge is -2.12. The molecule has 0 radical (unpaired) electrons. The second-order valence-corrected chi connectivity index (χ2v) is 7.54. The van der Waals surface area contributed by atoms with Crippen LogP contribution in [0.4, 0.5) is 0 Å². The number of halogens is 1. The van der Waals surface area contributed by atoms with E-state index in [4.69, 9.17) is 28.2 Å².